The van der Waals surface area contributed by atoms with Gasteiger partial charge in [0.25, 0.3) is 5.95 Å². The summed E-state index contributed by atoms with van der Waals surface area (Å²) in [7, 11) is 0. The summed E-state index contributed by atoms with van der Waals surface area (Å²) in [6, 6.07) is 22.4. The summed E-state index contributed by atoms with van der Waals surface area (Å²) in [5.41, 5.74) is 6.23. The van der Waals surface area contributed by atoms with Crippen LogP contribution in [-0.4, -0.2) is 26.5 Å². The fraction of sp³-hybridized carbons (Fsp3) is 0. The first-order chi connectivity index (χ1) is 14.6. The highest BCUT2D eigenvalue weighted by Crippen LogP contribution is 2.30. The van der Waals surface area contributed by atoms with Crippen molar-refractivity contribution in [2.75, 3.05) is 5.43 Å². The molecule has 1 heterocycles. The van der Waals surface area contributed by atoms with Crippen molar-refractivity contribution in [2.24, 2.45) is 5.10 Å². The molecule has 0 atom stereocenters. The number of hydrogen-bond acceptors (Lipinski definition) is 6. The zero-order valence-corrected chi connectivity index (χ0v) is 17.0. The van der Waals surface area contributed by atoms with Gasteiger partial charge in [0.15, 0.2) is 0 Å². The number of aromatic hydroxyl groups is 1. The topological polar surface area (TPSA) is 83.3 Å². The largest absolute Gasteiger partial charge is 0.506 e. The minimum absolute atomic E-state index is 0.116. The van der Waals surface area contributed by atoms with Crippen LogP contribution in [0.3, 0.4) is 0 Å². The quantitative estimate of drug-likeness (QED) is 0.311. The van der Waals surface area contributed by atoms with Crippen LogP contribution in [-0.2, 0) is 0 Å². The van der Waals surface area contributed by atoms with E-state index in [1.54, 1.807) is 6.07 Å². The van der Waals surface area contributed by atoms with Crippen molar-refractivity contribution in [1.29, 1.82) is 0 Å². The van der Waals surface area contributed by atoms with E-state index in [0.29, 0.717) is 22.0 Å². The molecule has 0 aliphatic rings. The number of anilines is 1. The van der Waals surface area contributed by atoms with Crippen molar-refractivity contribution in [3.8, 4) is 28.3 Å². The highest BCUT2D eigenvalue weighted by molar-refractivity contribution is 6.36. The molecule has 0 radical (unpaired) electrons. The molecule has 4 aromatic rings. The lowest BCUT2D eigenvalue weighted by Crippen LogP contribution is -2.03. The summed E-state index contributed by atoms with van der Waals surface area (Å²) < 4.78 is 0. The molecule has 4 rings (SSSR count). The van der Waals surface area contributed by atoms with Crippen molar-refractivity contribution in [1.82, 2.24) is 15.2 Å². The van der Waals surface area contributed by atoms with E-state index < -0.39 is 0 Å². The van der Waals surface area contributed by atoms with Crippen LogP contribution in [0.5, 0.6) is 5.75 Å². The highest BCUT2D eigenvalue weighted by atomic mass is 35.5. The second kappa shape index (κ2) is 8.90. The van der Waals surface area contributed by atoms with Gasteiger partial charge in [-0.1, -0.05) is 83.9 Å². The zero-order chi connectivity index (χ0) is 20.9. The molecule has 0 aliphatic carbocycles. The van der Waals surface area contributed by atoms with Crippen LogP contribution in [0.4, 0.5) is 5.95 Å². The molecule has 0 spiro atoms. The first kappa shape index (κ1) is 19.8. The fourth-order valence-electron chi connectivity index (χ4n) is 2.80. The van der Waals surface area contributed by atoms with Crippen molar-refractivity contribution >= 4 is 35.4 Å². The monoisotopic (exact) mass is 435 g/mol. The Kier molecular flexibility index (Phi) is 5.88. The maximum atomic E-state index is 10.0. The molecular formula is C22H15Cl2N5O. The van der Waals surface area contributed by atoms with Gasteiger partial charge >= 0.3 is 0 Å². The third kappa shape index (κ3) is 4.40. The van der Waals surface area contributed by atoms with Crippen LogP contribution in [0.1, 0.15) is 5.56 Å². The van der Waals surface area contributed by atoms with Crippen LogP contribution in [0, 0.1) is 0 Å². The predicted molar refractivity (Wildman–Crippen MR) is 120 cm³/mol. The molecule has 0 bridgehead atoms. The lowest BCUT2D eigenvalue weighted by molar-refractivity contribution is 0.475. The van der Waals surface area contributed by atoms with Crippen molar-refractivity contribution < 1.29 is 5.11 Å². The molecule has 1 aromatic heterocycles. The number of hydrazone groups is 1. The van der Waals surface area contributed by atoms with Gasteiger partial charge in [-0.3, -0.25) is 0 Å². The predicted octanol–water partition coefficient (Wildman–Crippen LogP) is 5.66. The number of benzene rings is 3. The van der Waals surface area contributed by atoms with Crippen LogP contribution < -0.4 is 5.43 Å². The molecule has 6 nitrogen and oxygen atoms in total. The lowest BCUT2D eigenvalue weighted by Gasteiger charge is -2.09. The SMILES string of the molecule is Oc1c(Cl)cc(Cl)cc1/C=N\Nc1nnc(-c2ccccc2)c(-c2ccccc2)n1. The molecule has 8 heteroatoms. The van der Waals surface area contributed by atoms with Gasteiger partial charge in [-0.25, -0.2) is 10.4 Å². The summed E-state index contributed by atoms with van der Waals surface area (Å²) in [5.74, 6) is 0.0902. The zero-order valence-electron chi connectivity index (χ0n) is 15.5. The van der Waals surface area contributed by atoms with E-state index in [4.69, 9.17) is 23.2 Å². The molecule has 2 N–H and O–H groups in total. The van der Waals surface area contributed by atoms with Crippen molar-refractivity contribution in [3.63, 3.8) is 0 Å². The van der Waals surface area contributed by atoms with Crippen molar-refractivity contribution in [3.05, 3.63) is 88.4 Å². The molecule has 0 amide bonds. The Morgan fingerprint density at radius 2 is 1.47 bits per heavy atom. The highest BCUT2D eigenvalue weighted by Gasteiger charge is 2.13. The average Bonchev–Trinajstić information content (AvgIpc) is 2.78. The van der Waals surface area contributed by atoms with E-state index in [0.717, 1.165) is 11.1 Å². The molecule has 0 saturated heterocycles. The van der Waals surface area contributed by atoms with Gasteiger partial charge in [-0.15, -0.1) is 10.2 Å². The van der Waals surface area contributed by atoms with E-state index in [-0.39, 0.29) is 16.7 Å². The lowest BCUT2D eigenvalue weighted by atomic mass is 10.0. The Morgan fingerprint density at radius 3 is 2.13 bits per heavy atom. The molecule has 0 fully saturated rings. The summed E-state index contributed by atoms with van der Waals surface area (Å²) in [6.45, 7) is 0. The van der Waals surface area contributed by atoms with E-state index >= 15 is 0 Å². The summed E-state index contributed by atoms with van der Waals surface area (Å²) in [4.78, 5) is 4.59. The van der Waals surface area contributed by atoms with E-state index in [1.165, 1.54) is 12.3 Å². The van der Waals surface area contributed by atoms with Gasteiger partial charge in [0.1, 0.15) is 17.1 Å². The minimum Gasteiger partial charge on any atom is -0.506 e. The number of hydrogen-bond donors (Lipinski definition) is 2. The smallest absolute Gasteiger partial charge is 0.263 e. The molecule has 0 saturated carbocycles. The van der Waals surface area contributed by atoms with E-state index in [2.05, 4.69) is 25.7 Å². The molecule has 0 unspecified atom stereocenters. The summed E-state index contributed by atoms with van der Waals surface area (Å²) in [6.07, 6.45) is 1.38. The van der Waals surface area contributed by atoms with Gasteiger partial charge in [0, 0.05) is 21.7 Å². The molecule has 30 heavy (non-hydrogen) atoms. The van der Waals surface area contributed by atoms with E-state index in [9.17, 15) is 5.11 Å². The second-order valence-corrected chi connectivity index (χ2v) is 7.10. The number of nitrogens with one attached hydrogen (secondary N) is 1. The molecular weight excluding hydrogens is 421 g/mol. The molecule has 3 aromatic carbocycles. The summed E-state index contributed by atoms with van der Waals surface area (Å²) >= 11 is 11.9. The standard InChI is InChI=1S/C22H15Cl2N5O/c23-17-11-16(21(30)18(24)12-17)13-25-28-22-26-19(14-7-3-1-4-8-14)20(27-29-22)15-9-5-2-6-10-15/h1-13,30H,(H,26,28,29)/b25-13-. The third-order valence-corrected chi connectivity index (χ3v) is 4.71. The van der Waals surface area contributed by atoms with Crippen LogP contribution >= 0.6 is 23.2 Å². The first-order valence-electron chi connectivity index (χ1n) is 8.94. The number of nitrogens with zero attached hydrogens (tertiary/aromatic N) is 4. The molecule has 148 valence electrons. The van der Waals surface area contributed by atoms with Crippen LogP contribution in [0.15, 0.2) is 77.9 Å². The van der Waals surface area contributed by atoms with Crippen LogP contribution in [0.25, 0.3) is 22.5 Å². The maximum Gasteiger partial charge on any atom is 0.263 e. The van der Waals surface area contributed by atoms with Gasteiger partial charge in [0.2, 0.25) is 0 Å². The Hall–Kier alpha value is -3.48. The van der Waals surface area contributed by atoms with Gasteiger partial charge in [-0.2, -0.15) is 5.10 Å². The number of halogens is 2. The fourth-order valence-corrected chi connectivity index (χ4v) is 3.31. The van der Waals surface area contributed by atoms with Crippen LogP contribution in [0.2, 0.25) is 10.0 Å². The third-order valence-electron chi connectivity index (χ3n) is 4.21. The van der Waals surface area contributed by atoms with Crippen molar-refractivity contribution in [2.45, 2.75) is 0 Å². The number of phenols is 1. The number of rotatable bonds is 5. The van der Waals surface area contributed by atoms with Gasteiger partial charge < -0.3 is 5.11 Å². The van der Waals surface area contributed by atoms with Gasteiger partial charge in [-0.05, 0) is 12.1 Å². The Bertz CT molecular complexity index is 1200. The molecule has 0 aliphatic heterocycles. The average molecular weight is 436 g/mol. The first-order valence-corrected chi connectivity index (χ1v) is 9.70. The Balaban J connectivity index is 1.67. The van der Waals surface area contributed by atoms with Gasteiger partial charge in [0.05, 0.1) is 11.2 Å². The minimum atomic E-state index is -0.116. The van der Waals surface area contributed by atoms with E-state index in [1.807, 2.05) is 60.7 Å². The normalized spacial score (nSPS) is 11.0. The summed E-state index contributed by atoms with van der Waals surface area (Å²) in [5, 5.41) is 23.1. The Morgan fingerprint density at radius 1 is 0.833 bits per heavy atom. The Labute approximate surface area is 182 Å². The maximum absolute atomic E-state index is 10.0. The second-order valence-electron chi connectivity index (χ2n) is 6.26. The number of phenolic OH excluding ortho intramolecular Hbond substituents is 1. The number of aromatic nitrogens is 3.